The van der Waals surface area contributed by atoms with Crippen LogP contribution in [0.5, 0.6) is 5.75 Å². The van der Waals surface area contributed by atoms with Gasteiger partial charge in [-0.2, -0.15) is 13.2 Å². The Bertz CT molecular complexity index is 642. The molecule has 3 nitrogen and oxygen atoms in total. The van der Waals surface area contributed by atoms with Gasteiger partial charge in [-0.15, -0.1) is 0 Å². The molecule has 2 rings (SSSR count). The van der Waals surface area contributed by atoms with Gasteiger partial charge >= 0.3 is 6.18 Å². The van der Waals surface area contributed by atoms with Gasteiger partial charge in [0.15, 0.2) is 6.10 Å². The van der Waals surface area contributed by atoms with Crippen LogP contribution < -0.4 is 4.74 Å². The summed E-state index contributed by atoms with van der Waals surface area (Å²) in [6.45, 7) is 0.321. The second kappa shape index (κ2) is 8.17. The van der Waals surface area contributed by atoms with Crippen LogP contribution in [-0.4, -0.2) is 29.6 Å². The highest BCUT2D eigenvalue weighted by atomic mass is 19.4. The smallest absolute Gasteiger partial charge is 0.418 e. The number of alkyl halides is 3. The Kier molecular flexibility index (Phi) is 6.23. The molecule has 0 radical (unpaired) electrons. The summed E-state index contributed by atoms with van der Waals surface area (Å²) < 4.78 is 44.4. The number of hydrogen-bond donors (Lipinski definition) is 2. The standard InChI is InChI=1S/C18H19F3O3/c19-18(20,21)17(23)16-12-14(24-11-5-4-10-22)8-9-15(16)13-6-2-1-3-7-13/h1-3,6-9,12,17,22-23H,4-5,10-11H2. The van der Waals surface area contributed by atoms with Crippen LogP contribution in [0.4, 0.5) is 13.2 Å². The Morgan fingerprint density at radius 1 is 1.00 bits per heavy atom. The van der Waals surface area contributed by atoms with E-state index in [9.17, 15) is 18.3 Å². The van der Waals surface area contributed by atoms with Crippen molar-refractivity contribution in [1.29, 1.82) is 0 Å². The summed E-state index contributed by atoms with van der Waals surface area (Å²) in [4.78, 5) is 0. The summed E-state index contributed by atoms with van der Waals surface area (Å²) in [7, 11) is 0. The fraction of sp³-hybridized carbons (Fsp3) is 0.333. The molecule has 24 heavy (non-hydrogen) atoms. The summed E-state index contributed by atoms with van der Waals surface area (Å²) in [6, 6.07) is 12.9. The number of hydrogen-bond acceptors (Lipinski definition) is 3. The molecule has 2 aromatic rings. The van der Waals surface area contributed by atoms with Crippen LogP contribution in [0.15, 0.2) is 48.5 Å². The van der Waals surface area contributed by atoms with Crippen LogP contribution in [0.2, 0.25) is 0 Å². The van der Waals surface area contributed by atoms with Crippen molar-refractivity contribution >= 4 is 0 Å². The van der Waals surface area contributed by atoms with E-state index in [-0.39, 0.29) is 24.5 Å². The van der Waals surface area contributed by atoms with E-state index >= 15 is 0 Å². The molecule has 0 aliphatic rings. The summed E-state index contributed by atoms with van der Waals surface area (Å²) in [6.07, 6.45) is -6.21. The normalized spacial score (nSPS) is 12.9. The number of unbranched alkanes of at least 4 members (excludes halogenated alkanes) is 1. The van der Waals surface area contributed by atoms with E-state index in [1.165, 1.54) is 12.1 Å². The minimum absolute atomic E-state index is 0.0361. The molecule has 0 fully saturated rings. The van der Waals surface area contributed by atoms with Gasteiger partial charge in [-0.3, -0.25) is 0 Å². The second-order valence-electron chi connectivity index (χ2n) is 5.34. The molecule has 0 aliphatic carbocycles. The molecule has 0 saturated carbocycles. The molecule has 0 aliphatic heterocycles. The molecule has 2 N–H and O–H groups in total. The average molecular weight is 340 g/mol. The molecule has 1 atom stereocenters. The number of halogens is 3. The highest BCUT2D eigenvalue weighted by Crippen LogP contribution is 2.39. The molecular formula is C18H19F3O3. The fourth-order valence-corrected chi connectivity index (χ4v) is 2.32. The van der Waals surface area contributed by atoms with Crippen LogP contribution >= 0.6 is 0 Å². The zero-order valence-electron chi connectivity index (χ0n) is 13.0. The summed E-state index contributed by atoms with van der Waals surface area (Å²) >= 11 is 0. The van der Waals surface area contributed by atoms with Crippen LogP contribution in [0, 0.1) is 0 Å². The zero-order valence-corrected chi connectivity index (χ0v) is 13.0. The van der Waals surface area contributed by atoms with Gasteiger partial charge in [-0.1, -0.05) is 36.4 Å². The lowest BCUT2D eigenvalue weighted by Crippen LogP contribution is -2.21. The third-order valence-electron chi connectivity index (χ3n) is 3.53. The van der Waals surface area contributed by atoms with E-state index in [4.69, 9.17) is 9.84 Å². The van der Waals surface area contributed by atoms with Crippen LogP contribution in [0.25, 0.3) is 11.1 Å². The van der Waals surface area contributed by atoms with Crippen LogP contribution in [-0.2, 0) is 0 Å². The number of aliphatic hydroxyl groups is 2. The van der Waals surface area contributed by atoms with Gasteiger partial charge in [0.05, 0.1) is 6.61 Å². The first-order valence-electron chi connectivity index (χ1n) is 7.61. The Hall–Kier alpha value is -2.05. The van der Waals surface area contributed by atoms with Crippen molar-refractivity contribution in [3.63, 3.8) is 0 Å². The predicted molar refractivity (Wildman–Crippen MR) is 84.7 cm³/mol. The van der Waals surface area contributed by atoms with Gasteiger partial charge in [-0.05, 0) is 36.1 Å². The molecule has 0 heterocycles. The maximum Gasteiger partial charge on any atom is 0.418 e. The largest absolute Gasteiger partial charge is 0.494 e. The van der Waals surface area contributed by atoms with E-state index in [0.717, 1.165) is 0 Å². The first-order chi connectivity index (χ1) is 11.4. The molecule has 1 unspecified atom stereocenters. The number of benzene rings is 2. The van der Waals surface area contributed by atoms with E-state index in [0.29, 0.717) is 24.0 Å². The maximum absolute atomic E-state index is 13.0. The summed E-state index contributed by atoms with van der Waals surface area (Å²) in [5.74, 6) is 0.255. The highest BCUT2D eigenvalue weighted by Gasteiger charge is 2.40. The lowest BCUT2D eigenvalue weighted by atomic mass is 9.95. The van der Waals surface area contributed by atoms with Crippen molar-refractivity contribution in [1.82, 2.24) is 0 Å². The number of ether oxygens (including phenoxy) is 1. The van der Waals surface area contributed by atoms with Gasteiger partial charge in [-0.25, -0.2) is 0 Å². The van der Waals surface area contributed by atoms with Crippen molar-refractivity contribution < 1.29 is 28.1 Å². The van der Waals surface area contributed by atoms with Gasteiger partial charge in [0.1, 0.15) is 5.75 Å². The first-order valence-corrected chi connectivity index (χ1v) is 7.61. The van der Waals surface area contributed by atoms with Gasteiger partial charge in [0.2, 0.25) is 0 Å². The maximum atomic E-state index is 13.0. The van der Waals surface area contributed by atoms with Crippen molar-refractivity contribution in [2.45, 2.75) is 25.1 Å². The molecule has 0 spiro atoms. The lowest BCUT2D eigenvalue weighted by molar-refractivity contribution is -0.206. The Balaban J connectivity index is 2.33. The fourth-order valence-electron chi connectivity index (χ4n) is 2.32. The van der Waals surface area contributed by atoms with Crippen molar-refractivity contribution in [3.05, 3.63) is 54.1 Å². The second-order valence-corrected chi connectivity index (χ2v) is 5.34. The molecule has 130 valence electrons. The van der Waals surface area contributed by atoms with Crippen LogP contribution in [0.1, 0.15) is 24.5 Å². The molecule has 2 aromatic carbocycles. The van der Waals surface area contributed by atoms with Crippen molar-refractivity contribution in [3.8, 4) is 16.9 Å². The topological polar surface area (TPSA) is 49.7 Å². The van der Waals surface area contributed by atoms with Gasteiger partial charge < -0.3 is 14.9 Å². The van der Waals surface area contributed by atoms with E-state index in [1.807, 2.05) is 0 Å². The van der Waals surface area contributed by atoms with E-state index < -0.39 is 12.3 Å². The lowest BCUT2D eigenvalue weighted by Gasteiger charge is -2.20. The Labute approximate surface area is 138 Å². The highest BCUT2D eigenvalue weighted by molar-refractivity contribution is 5.69. The van der Waals surface area contributed by atoms with Crippen molar-refractivity contribution in [2.24, 2.45) is 0 Å². The Morgan fingerprint density at radius 2 is 1.71 bits per heavy atom. The number of rotatable bonds is 7. The van der Waals surface area contributed by atoms with Crippen LogP contribution in [0.3, 0.4) is 0 Å². The Morgan fingerprint density at radius 3 is 2.33 bits per heavy atom. The molecule has 0 aromatic heterocycles. The molecule has 0 saturated heterocycles. The summed E-state index contributed by atoms with van der Waals surface area (Å²) in [5.41, 5.74) is 0.652. The SMILES string of the molecule is OCCCCOc1ccc(-c2ccccc2)c(C(O)C(F)(F)F)c1. The van der Waals surface area contributed by atoms with Gasteiger partial charge in [0, 0.05) is 12.2 Å². The minimum atomic E-state index is -4.76. The molecule has 6 heteroatoms. The molecule has 0 bridgehead atoms. The summed E-state index contributed by atoms with van der Waals surface area (Å²) in [5, 5.41) is 18.4. The molecular weight excluding hydrogens is 321 g/mol. The quantitative estimate of drug-likeness (QED) is 0.746. The minimum Gasteiger partial charge on any atom is -0.494 e. The van der Waals surface area contributed by atoms with E-state index in [1.54, 1.807) is 36.4 Å². The third-order valence-corrected chi connectivity index (χ3v) is 3.53. The first kappa shape index (κ1) is 18.3. The monoisotopic (exact) mass is 340 g/mol. The van der Waals surface area contributed by atoms with Gasteiger partial charge in [0.25, 0.3) is 0 Å². The van der Waals surface area contributed by atoms with Crippen molar-refractivity contribution in [2.75, 3.05) is 13.2 Å². The third kappa shape index (κ3) is 4.72. The molecule has 0 amide bonds. The average Bonchev–Trinajstić information content (AvgIpc) is 2.58. The predicted octanol–water partition coefficient (Wildman–Crippen LogP) is 4.10. The number of aliphatic hydroxyl groups excluding tert-OH is 2. The zero-order chi connectivity index (χ0) is 17.6. The van der Waals surface area contributed by atoms with E-state index in [2.05, 4.69) is 0 Å².